The number of aryl methyl sites for hydroxylation is 1. The standard InChI is InChI=1S/C24H31NO4/c1-3-4-5-6-17-29-24(27)20-11-13-21(14-12-20)25-23(26)8-7-18-28-22-15-9-19(2)10-16-22/h9-16H,3-8,17-18H2,1-2H3,(H,25,26). The molecule has 0 aliphatic rings. The number of unbranched alkanes of at least 4 members (excludes halogenated alkanes) is 3. The molecule has 0 aliphatic heterocycles. The average Bonchev–Trinajstić information content (AvgIpc) is 2.73. The number of carbonyl (C=O) groups is 2. The number of esters is 1. The van der Waals surface area contributed by atoms with Gasteiger partial charge in [0.05, 0.1) is 18.8 Å². The largest absolute Gasteiger partial charge is 0.494 e. The minimum atomic E-state index is -0.326. The third-order valence-corrected chi connectivity index (χ3v) is 4.47. The van der Waals surface area contributed by atoms with Crippen molar-refractivity contribution in [1.29, 1.82) is 0 Å². The lowest BCUT2D eigenvalue weighted by Gasteiger charge is -2.08. The first-order valence-electron chi connectivity index (χ1n) is 10.3. The number of anilines is 1. The molecule has 0 radical (unpaired) electrons. The van der Waals surface area contributed by atoms with Crippen molar-refractivity contribution < 1.29 is 19.1 Å². The van der Waals surface area contributed by atoms with Crippen LogP contribution in [0.15, 0.2) is 48.5 Å². The smallest absolute Gasteiger partial charge is 0.338 e. The maximum absolute atomic E-state index is 12.1. The highest BCUT2D eigenvalue weighted by Crippen LogP contribution is 2.13. The molecule has 0 unspecified atom stereocenters. The average molecular weight is 398 g/mol. The molecule has 0 saturated heterocycles. The molecule has 2 aromatic carbocycles. The van der Waals surface area contributed by atoms with Gasteiger partial charge in [-0.3, -0.25) is 4.79 Å². The Hall–Kier alpha value is -2.82. The second-order valence-corrected chi connectivity index (χ2v) is 7.09. The van der Waals surface area contributed by atoms with Gasteiger partial charge in [0.15, 0.2) is 0 Å². The number of benzene rings is 2. The fourth-order valence-corrected chi connectivity index (χ4v) is 2.75. The quantitative estimate of drug-likeness (QED) is 0.378. The Balaban J connectivity index is 1.65. The van der Waals surface area contributed by atoms with Gasteiger partial charge in [0.1, 0.15) is 5.75 Å². The van der Waals surface area contributed by atoms with Crippen LogP contribution in [-0.4, -0.2) is 25.1 Å². The summed E-state index contributed by atoms with van der Waals surface area (Å²) in [6.45, 7) is 5.10. The predicted octanol–water partition coefficient (Wildman–Crippen LogP) is 5.53. The Morgan fingerprint density at radius 2 is 1.59 bits per heavy atom. The van der Waals surface area contributed by atoms with Crippen molar-refractivity contribution in [1.82, 2.24) is 0 Å². The normalized spacial score (nSPS) is 10.4. The lowest BCUT2D eigenvalue weighted by atomic mass is 10.2. The highest BCUT2D eigenvalue weighted by molar-refractivity contribution is 5.93. The number of amides is 1. The summed E-state index contributed by atoms with van der Waals surface area (Å²) in [6, 6.07) is 14.6. The second kappa shape index (κ2) is 12.6. The molecule has 0 heterocycles. The number of hydrogen-bond donors (Lipinski definition) is 1. The number of carbonyl (C=O) groups excluding carboxylic acids is 2. The first kappa shape index (κ1) is 22.5. The van der Waals surface area contributed by atoms with Crippen LogP contribution in [0.5, 0.6) is 5.75 Å². The van der Waals surface area contributed by atoms with E-state index >= 15 is 0 Å². The van der Waals surface area contributed by atoms with Gasteiger partial charge in [0, 0.05) is 12.1 Å². The summed E-state index contributed by atoms with van der Waals surface area (Å²) < 4.78 is 10.9. The van der Waals surface area contributed by atoms with E-state index in [4.69, 9.17) is 9.47 Å². The molecule has 0 fully saturated rings. The summed E-state index contributed by atoms with van der Waals surface area (Å²) in [5, 5.41) is 2.83. The van der Waals surface area contributed by atoms with Gasteiger partial charge in [-0.25, -0.2) is 4.79 Å². The Labute approximate surface area is 173 Å². The van der Waals surface area contributed by atoms with Gasteiger partial charge in [-0.1, -0.05) is 43.9 Å². The van der Waals surface area contributed by atoms with Gasteiger partial charge in [-0.2, -0.15) is 0 Å². The van der Waals surface area contributed by atoms with Crippen LogP contribution in [0.3, 0.4) is 0 Å². The molecular formula is C24H31NO4. The summed E-state index contributed by atoms with van der Waals surface area (Å²) in [5.41, 5.74) is 2.34. The fourth-order valence-electron chi connectivity index (χ4n) is 2.75. The summed E-state index contributed by atoms with van der Waals surface area (Å²) in [4.78, 5) is 24.1. The lowest BCUT2D eigenvalue weighted by Crippen LogP contribution is -2.13. The van der Waals surface area contributed by atoms with Crippen LogP contribution in [0.4, 0.5) is 5.69 Å². The zero-order valence-electron chi connectivity index (χ0n) is 17.4. The topological polar surface area (TPSA) is 64.6 Å². The van der Waals surface area contributed by atoms with Crippen molar-refractivity contribution >= 4 is 17.6 Å². The molecule has 0 spiro atoms. The van der Waals surface area contributed by atoms with Crippen molar-refractivity contribution in [2.24, 2.45) is 0 Å². The van der Waals surface area contributed by atoms with Gasteiger partial charge in [-0.15, -0.1) is 0 Å². The highest BCUT2D eigenvalue weighted by atomic mass is 16.5. The molecule has 0 bridgehead atoms. The monoisotopic (exact) mass is 397 g/mol. The van der Waals surface area contributed by atoms with E-state index in [1.807, 2.05) is 31.2 Å². The van der Waals surface area contributed by atoms with E-state index in [2.05, 4.69) is 12.2 Å². The van der Waals surface area contributed by atoms with E-state index in [9.17, 15) is 9.59 Å². The Morgan fingerprint density at radius 3 is 2.28 bits per heavy atom. The third-order valence-electron chi connectivity index (χ3n) is 4.47. The Kier molecular flexibility index (Phi) is 9.76. The van der Waals surface area contributed by atoms with Crippen LogP contribution >= 0.6 is 0 Å². The first-order valence-corrected chi connectivity index (χ1v) is 10.3. The summed E-state index contributed by atoms with van der Waals surface area (Å²) >= 11 is 0. The molecule has 29 heavy (non-hydrogen) atoms. The molecule has 2 rings (SSSR count). The van der Waals surface area contributed by atoms with Crippen molar-refractivity contribution in [2.45, 2.75) is 52.4 Å². The molecule has 0 atom stereocenters. The van der Waals surface area contributed by atoms with E-state index < -0.39 is 0 Å². The summed E-state index contributed by atoms with van der Waals surface area (Å²) in [5.74, 6) is 0.403. The minimum absolute atomic E-state index is 0.0799. The van der Waals surface area contributed by atoms with Crippen molar-refractivity contribution in [3.05, 3.63) is 59.7 Å². The third kappa shape index (κ3) is 8.81. The molecule has 5 heteroatoms. The fraction of sp³-hybridized carbons (Fsp3) is 0.417. The van der Waals surface area contributed by atoms with Crippen LogP contribution in [-0.2, 0) is 9.53 Å². The maximum Gasteiger partial charge on any atom is 0.338 e. The maximum atomic E-state index is 12.1. The lowest BCUT2D eigenvalue weighted by molar-refractivity contribution is -0.116. The Morgan fingerprint density at radius 1 is 0.862 bits per heavy atom. The number of nitrogens with one attached hydrogen (secondary N) is 1. The molecular weight excluding hydrogens is 366 g/mol. The van der Waals surface area contributed by atoms with Crippen LogP contribution < -0.4 is 10.1 Å². The number of hydrogen-bond acceptors (Lipinski definition) is 4. The molecule has 156 valence electrons. The molecule has 1 N–H and O–H groups in total. The van der Waals surface area contributed by atoms with Crippen LogP contribution in [0.25, 0.3) is 0 Å². The van der Waals surface area contributed by atoms with E-state index in [1.54, 1.807) is 24.3 Å². The van der Waals surface area contributed by atoms with Crippen LogP contribution in [0.1, 0.15) is 61.4 Å². The number of rotatable bonds is 12. The van der Waals surface area contributed by atoms with E-state index in [0.717, 1.165) is 31.4 Å². The summed E-state index contributed by atoms with van der Waals surface area (Å²) in [7, 11) is 0. The zero-order chi connectivity index (χ0) is 20.9. The van der Waals surface area contributed by atoms with Gasteiger partial charge in [0.2, 0.25) is 5.91 Å². The van der Waals surface area contributed by atoms with Crippen molar-refractivity contribution in [2.75, 3.05) is 18.5 Å². The van der Waals surface area contributed by atoms with Gasteiger partial charge in [0.25, 0.3) is 0 Å². The van der Waals surface area contributed by atoms with Crippen LogP contribution in [0, 0.1) is 6.92 Å². The SMILES string of the molecule is CCCCCCOC(=O)c1ccc(NC(=O)CCCOc2ccc(C)cc2)cc1. The highest BCUT2D eigenvalue weighted by Gasteiger charge is 2.08. The molecule has 5 nitrogen and oxygen atoms in total. The Bertz CT molecular complexity index is 753. The van der Waals surface area contributed by atoms with Crippen LogP contribution in [0.2, 0.25) is 0 Å². The minimum Gasteiger partial charge on any atom is -0.494 e. The van der Waals surface area contributed by atoms with E-state index in [-0.39, 0.29) is 11.9 Å². The van der Waals surface area contributed by atoms with E-state index in [0.29, 0.717) is 37.3 Å². The van der Waals surface area contributed by atoms with E-state index in [1.165, 1.54) is 5.56 Å². The molecule has 0 aromatic heterocycles. The van der Waals surface area contributed by atoms with Crippen molar-refractivity contribution in [3.63, 3.8) is 0 Å². The number of ether oxygens (including phenoxy) is 2. The van der Waals surface area contributed by atoms with Gasteiger partial charge < -0.3 is 14.8 Å². The van der Waals surface area contributed by atoms with Crippen molar-refractivity contribution in [3.8, 4) is 5.75 Å². The van der Waals surface area contributed by atoms with Gasteiger partial charge >= 0.3 is 5.97 Å². The first-order chi connectivity index (χ1) is 14.1. The zero-order valence-corrected chi connectivity index (χ0v) is 17.4. The van der Waals surface area contributed by atoms with Gasteiger partial charge in [-0.05, 0) is 56.2 Å². The molecule has 2 aromatic rings. The molecule has 0 saturated carbocycles. The summed E-state index contributed by atoms with van der Waals surface area (Å²) in [6.07, 6.45) is 5.27. The second-order valence-electron chi connectivity index (χ2n) is 7.09. The predicted molar refractivity (Wildman–Crippen MR) is 115 cm³/mol. The molecule has 1 amide bonds. The molecule has 0 aliphatic carbocycles.